The molecule has 3 nitrogen and oxygen atoms in total. The van der Waals surface area contributed by atoms with Gasteiger partial charge in [0.15, 0.2) is 0 Å². The van der Waals surface area contributed by atoms with Gasteiger partial charge in [-0.05, 0) is 35.6 Å². The van der Waals surface area contributed by atoms with E-state index in [-0.39, 0.29) is 6.04 Å². The lowest BCUT2D eigenvalue weighted by atomic mass is 9.89. The van der Waals surface area contributed by atoms with E-state index in [4.69, 9.17) is 5.84 Å². The highest BCUT2D eigenvalue weighted by atomic mass is 15.2. The average Bonchev–Trinajstić information content (AvgIpc) is 2.85. The van der Waals surface area contributed by atoms with Crippen LogP contribution in [0.1, 0.15) is 35.1 Å². The molecule has 18 heavy (non-hydrogen) atoms. The molecule has 3 N–H and O–H groups in total. The predicted octanol–water partition coefficient (Wildman–Crippen LogP) is 2.32. The number of nitrogens with one attached hydrogen (secondary N) is 1. The van der Waals surface area contributed by atoms with Gasteiger partial charge in [0, 0.05) is 18.3 Å². The van der Waals surface area contributed by atoms with Gasteiger partial charge in [-0.2, -0.15) is 0 Å². The van der Waals surface area contributed by atoms with Crippen LogP contribution in [0.15, 0.2) is 48.8 Å². The lowest BCUT2D eigenvalue weighted by Crippen LogP contribution is -2.32. The van der Waals surface area contributed by atoms with Gasteiger partial charge >= 0.3 is 0 Å². The third-order valence-electron chi connectivity index (χ3n) is 3.80. The van der Waals surface area contributed by atoms with Gasteiger partial charge in [-0.1, -0.05) is 30.3 Å². The van der Waals surface area contributed by atoms with Crippen LogP contribution in [-0.2, 0) is 6.42 Å². The van der Waals surface area contributed by atoms with Crippen molar-refractivity contribution in [2.75, 3.05) is 0 Å². The summed E-state index contributed by atoms with van der Waals surface area (Å²) in [6.45, 7) is 0. The standard InChI is InChI=1S/C15H17N3/c16-18-15(12-5-3-9-17-10-12)14-8-7-11-4-1-2-6-13(11)14/h1-6,9-10,14-15,18H,7-8,16H2. The number of rotatable bonds is 3. The lowest BCUT2D eigenvalue weighted by Gasteiger charge is -2.23. The van der Waals surface area contributed by atoms with Crippen molar-refractivity contribution in [1.29, 1.82) is 0 Å². The van der Waals surface area contributed by atoms with Crippen LogP contribution in [0.3, 0.4) is 0 Å². The Balaban J connectivity index is 1.95. The van der Waals surface area contributed by atoms with Crippen LogP contribution >= 0.6 is 0 Å². The molecule has 2 unspecified atom stereocenters. The summed E-state index contributed by atoms with van der Waals surface area (Å²) in [7, 11) is 0. The Hall–Kier alpha value is -1.71. The van der Waals surface area contributed by atoms with Crippen LogP contribution in [0.25, 0.3) is 0 Å². The van der Waals surface area contributed by atoms with Gasteiger partial charge < -0.3 is 0 Å². The summed E-state index contributed by atoms with van der Waals surface area (Å²) in [5, 5.41) is 0. The molecule has 0 amide bonds. The van der Waals surface area contributed by atoms with Crippen LogP contribution in [0, 0.1) is 0 Å². The van der Waals surface area contributed by atoms with E-state index in [1.165, 1.54) is 11.1 Å². The molecule has 0 saturated carbocycles. The quantitative estimate of drug-likeness (QED) is 0.638. The van der Waals surface area contributed by atoms with E-state index in [1.807, 2.05) is 12.3 Å². The number of nitrogens with two attached hydrogens (primary N) is 1. The van der Waals surface area contributed by atoms with E-state index >= 15 is 0 Å². The van der Waals surface area contributed by atoms with Crippen molar-refractivity contribution >= 4 is 0 Å². The van der Waals surface area contributed by atoms with Gasteiger partial charge in [-0.3, -0.25) is 16.3 Å². The van der Waals surface area contributed by atoms with E-state index < -0.39 is 0 Å². The van der Waals surface area contributed by atoms with Crippen molar-refractivity contribution in [1.82, 2.24) is 10.4 Å². The smallest absolute Gasteiger partial charge is 0.0543 e. The fourth-order valence-corrected chi connectivity index (χ4v) is 2.94. The minimum atomic E-state index is 0.141. The number of aryl methyl sites for hydroxylation is 1. The van der Waals surface area contributed by atoms with E-state index in [1.54, 1.807) is 6.20 Å². The minimum absolute atomic E-state index is 0.141. The number of fused-ring (bicyclic) bond motifs is 1. The van der Waals surface area contributed by atoms with Gasteiger partial charge in [0.05, 0.1) is 6.04 Å². The molecule has 3 heteroatoms. The minimum Gasteiger partial charge on any atom is -0.271 e. The molecular formula is C15H17N3. The number of hydrazine groups is 1. The molecular weight excluding hydrogens is 222 g/mol. The lowest BCUT2D eigenvalue weighted by molar-refractivity contribution is 0.452. The fourth-order valence-electron chi connectivity index (χ4n) is 2.94. The summed E-state index contributed by atoms with van der Waals surface area (Å²) in [6.07, 6.45) is 5.97. The van der Waals surface area contributed by atoms with E-state index in [9.17, 15) is 0 Å². The molecule has 0 spiro atoms. The number of aromatic nitrogens is 1. The molecule has 3 rings (SSSR count). The van der Waals surface area contributed by atoms with Crippen LogP contribution in [-0.4, -0.2) is 4.98 Å². The van der Waals surface area contributed by atoms with Crippen molar-refractivity contribution in [3.8, 4) is 0 Å². The summed E-state index contributed by atoms with van der Waals surface area (Å²) in [5.41, 5.74) is 6.99. The summed E-state index contributed by atoms with van der Waals surface area (Å²) in [6, 6.07) is 12.8. The van der Waals surface area contributed by atoms with Gasteiger partial charge in [0.1, 0.15) is 0 Å². The van der Waals surface area contributed by atoms with Crippen LogP contribution < -0.4 is 11.3 Å². The maximum absolute atomic E-state index is 5.76. The first-order valence-corrected chi connectivity index (χ1v) is 6.34. The van der Waals surface area contributed by atoms with Crippen LogP contribution in [0.5, 0.6) is 0 Å². The molecule has 2 aromatic rings. The number of benzene rings is 1. The maximum Gasteiger partial charge on any atom is 0.0543 e. The maximum atomic E-state index is 5.76. The van der Waals surface area contributed by atoms with E-state index in [0.29, 0.717) is 5.92 Å². The summed E-state index contributed by atoms with van der Waals surface area (Å²) in [5.74, 6) is 6.20. The monoisotopic (exact) mass is 239 g/mol. The van der Waals surface area contributed by atoms with Crippen molar-refractivity contribution in [2.24, 2.45) is 5.84 Å². The molecule has 1 aromatic carbocycles. The average molecular weight is 239 g/mol. The Labute approximate surface area is 107 Å². The summed E-state index contributed by atoms with van der Waals surface area (Å²) in [4.78, 5) is 4.19. The largest absolute Gasteiger partial charge is 0.271 e. The molecule has 1 aliphatic rings. The Morgan fingerprint density at radius 1 is 1.22 bits per heavy atom. The Morgan fingerprint density at radius 2 is 2.11 bits per heavy atom. The third kappa shape index (κ3) is 1.92. The first-order valence-electron chi connectivity index (χ1n) is 6.34. The molecule has 2 atom stereocenters. The molecule has 92 valence electrons. The second-order valence-electron chi connectivity index (χ2n) is 4.77. The molecule has 0 aliphatic heterocycles. The van der Waals surface area contributed by atoms with E-state index in [2.05, 4.69) is 40.7 Å². The third-order valence-corrected chi connectivity index (χ3v) is 3.80. The molecule has 1 aliphatic carbocycles. The highest BCUT2D eigenvalue weighted by Gasteiger charge is 2.29. The Bertz CT molecular complexity index is 524. The van der Waals surface area contributed by atoms with Gasteiger partial charge in [-0.15, -0.1) is 0 Å². The Morgan fingerprint density at radius 3 is 2.89 bits per heavy atom. The summed E-state index contributed by atoms with van der Waals surface area (Å²) >= 11 is 0. The predicted molar refractivity (Wildman–Crippen MR) is 71.8 cm³/mol. The molecule has 1 aromatic heterocycles. The van der Waals surface area contributed by atoms with E-state index in [0.717, 1.165) is 18.4 Å². The SMILES string of the molecule is NNC(c1cccnc1)C1CCc2ccccc21. The molecule has 0 fully saturated rings. The van der Waals surface area contributed by atoms with Gasteiger partial charge in [0.2, 0.25) is 0 Å². The van der Waals surface area contributed by atoms with Crippen molar-refractivity contribution in [3.05, 3.63) is 65.5 Å². The second-order valence-corrected chi connectivity index (χ2v) is 4.77. The zero-order valence-corrected chi connectivity index (χ0v) is 10.2. The number of hydrogen-bond acceptors (Lipinski definition) is 3. The molecule has 0 bridgehead atoms. The number of hydrogen-bond donors (Lipinski definition) is 2. The topological polar surface area (TPSA) is 50.9 Å². The molecule has 0 radical (unpaired) electrons. The first-order chi connectivity index (χ1) is 8.90. The Kier molecular flexibility index (Phi) is 3.09. The van der Waals surface area contributed by atoms with Crippen molar-refractivity contribution in [2.45, 2.75) is 24.8 Å². The normalized spacial score (nSPS) is 19.5. The number of nitrogens with zero attached hydrogens (tertiary/aromatic N) is 1. The zero-order chi connectivity index (χ0) is 12.4. The highest BCUT2D eigenvalue weighted by molar-refractivity contribution is 5.37. The molecule has 0 saturated heterocycles. The summed E-state index contributed by atoms with van der Waals surface area (Å²) < 4.78 is 0. The fraction of sp³-hybridized carbons (Fsp3) is 0.267. The van der Waals surface area contributed by atoms with Crippen LogP contribution in [0.4, 0.5) is 0 Å². The van der Waals surface area contributed by atoms with Crippen molar-refractivity contribution in [3.63, 3.8) is 0 Å². The zero-order valence-electron chi connectivity index (χ0n) is 10.2. The number of pyridine rings is 1. The highest BCUT2D eigenvalue weighted by Crippen LogP contribution is 2.40. The van der Waals surface area contributed by atoms with Crippen molar-refractivity contribution < 1.29 is 0 Å². The van der Waals surface area contributed by atoms with Gasteiger partial charge in [0.25, 0.3) is 0 Å². The first kappa shape index (κ1) is 11.4. The second kappa shape index (κ2) is 4.88. The van der Waals surface area contributed by atoms with Gasteiger partial charge in [-0.25, -0.2) is 0 Å². The van der Waals surface area contributed by atoms with Crippen LogP contribution in [0.2, 0.25) is 0 Å². The molecule has 1 heterocycles.